The van der Waals surface area contributed by atoms with Crippen molar-refractivity contribution in [1.82, 2.24) is 4.90 Å². The van der Waals surface area contributed by atoms with E-state index in [4.69, 9.17) is 9.84 Å². The summed E-state index contributed by atoms with van der Waals surface area (Å²) < 4.78 is 5.26. The monoisotopic (exact) mass is 227 g/mol. The zero-order valence-corrected chi connectivity index (χ0v) is 10.3. The van der Waals surface area contributed by atoms with E-state index in [9.17, 15) is 0 Å². The van der Waals surface area contributed by atoms with E-state index in [1.165, 1.54) is 51.7 Å². The maximum atomic E-state index is 8.56. The van der Waals surface area contributed by atoms with Crippen LogP contribution in [0.3, 0.4) is 0 Å². The number of hydrogen-bond donors (Lipinski definition) is 1. The maximum absolute atomic E-state index is 8.56. The third-order valence-electron chi connectivity index (χ3n) is 4.03. The quantitative estimate of drug-likeness (QED) is 0.700. The van der Waals surface area contributed by atoms with Gasteiger partial charge in [0.2, 0.25) is 0 Å². The molecule has 1 aliphatic heterocycles. The summed E-state index contributed by atoms with van der Waals surface area (Å²) in [5.41, 5.74) is 0.713. The van der Waals surface area contributed by atoms with Crippen LogP contribution in [0, 0.1) is 5.41 Å². The molecule has 2 rings (SSSR count). The number of likely N-dealkylation sites (tertiary alicyclic amines) is 1. The standard InChI is InChI=1S/C13H25NO2/c15-8-10-16-9-4-7-14-11-13(12-14)5-2-1-3-6-13/h15H,1-12H2. The zero-order chi connectivity index (χ0) is 11.3. The molecule has 3 heteroatoms. The van der Waals surface area contributed by atoms with E-state index < -0.39 is 0 Å². The Morgan fingerprint density at radius 1 is 1.06 bits per heavy atom. The summed E-state index contributed by atoms with van der Waals surface area (Å²) in [5.74, 6) is 0. The number of hydrogen-bond acceptors (Lipinski definition) is 3. The highest BCUT2D eigenvalue weighted by Crippen LogP contribution is 2.43. The first-order chi connectivity index (χ1) is 7.85. The molecule has 1 saturated heterocycles. The molecule has 0 bridgehead atoms. The largest absolute Gasteiger partial charge is 0.394 e. The van der Waals surface area contributed by atoms with Crippen LogP contribution in [0.4, 0.5) is 0 Å². The van der Waals surface area contributed by atoms with Gasteiger partial charge in [-0.1, -0.05) is 19.3 Å². The fourth-order valence-electron chi connectivity index (χ4n) is 3.24. The predicted octanol–water partition coefficient (Wildman–Crippen LogP) is 1.65. The van der Waals surface area contributed by atoms with Crippen molar-refractivity contribution < 1.29 is 9.84 Å². The van der Waals surface area contributed by atoms with Gasteiger partial charge in [0.15, 0.2) is 0 Å². The summed E-state index contributed by atoms with van der Waals surface area (Å²) in [6.45, 7) is 5.26. The van der Waals surface area contributed by atoms with E-state index in [2.05, 4.69) is 4.90 Å². The summed E-state index contributed by atoms with van der Waals surface area (Å²) in [6.07, 6.45) is 8.39. The Morgan fingerprint density at radius 2 is 1.81 bits per heavy atom. The topological polar surface area (TPSA) is 32.7 Å². The second-order valence-corrected chi connectivity index (χ2v) is 5.46. The van der Waals surface area contributed by atoms with Gasteiger partial charge in [0.1, 0.15) is 0 Å². The molecule has 1 aliphatic carbocycles. The molecule has 2 aliphatic rings. The molecule has 3 nitrogen and oxygen atoms in total. The van der Waals surface area contributed by atoms with Crippen molar-refractivity contribution in [3.8, 4) is 0 Å². The van der Waals surface area contributed by atoms with Crippen LogP contribution >= 0.6 is 0 Å². The second-order valence-electron chi connectivity index (χ2n) is 5.46. The highest BCUT2D eigenvalue weighted by Gasteiger charge is 2.42. The van der Waals surface area contributed by atoms with E-state index in [0.717, 1.165) is 13.0 Å². The van der Waals surface area contributed by atoms with Crippen LogP contribution in [0.1, 0.15) is 38.5 Å². The summed E-state index contributed by atoms with van der Waals surface area (Å²) in [4.78, 5) is 2.56. The molecule has 94 valence electrons. The molecule has 1 saturated carbocycles. The second kappa shape index (κ2) is 5.99. The molecule has 0 amide bonds. The van der Waals surface area contributed by atoms with Crippen molar-refractivity contribution in [2.75, 3.05) is 39.5 Å². The highest BCUT2D eigenvalue weighted by atomic mass is 16.5. The van der Waals surface area contributed by atoms with Crippen molar-refractivity contribution in [3.63, 3.8) is 0 Å². The van der Waals surface area contributed by atoms with Crippen LogP contribution in [0.15, 0.2) is 0 Å². The van der Waals surface area contributed by atoms with Gasteiger partial charge in [-0.3, -0.25) is 0 Å². The first kappa shape index (κ1) is 12.3. The van der Waals surface area contributed by atoms with Gasteiger partial charge < -0.3 is 14.7 Å². The van der Waals surface area contributed by atoms with Crippen LogP contribution in [-0.2, 0) is 4.74 Å². The first-order valence-corrected chi connectivity index (χ1v) is 6.76. The smallest absolute Gasteiger partial charge is 0.0697 e. The lowest BCUT2D eigenvalue weighted by Gasteiger charge is -2.52. The van der Waals surface area contributed by atoms with Crippen molar-refractivity contribution in [1.29, 1.82) is 0 Å². The lowest BCUT2D eigenvalue weighted by atomic mass is 9.68. The van der Waals surface area contributed by atoms with Crippen LogP contribution in [0.5, 0.6) is 0 Å². The molecular formula is C13H25NO2. The molecule has 1 spiro atoms. The van der Waals surface area contributed by atoms with Gasteiger partial charge in [-0.2, -0.15) is 0 Å². The van der Waals surface area contributed by atoms with Gasteiger partial charge in [0.25, 0.3) is 0 Å². The molecule has 0 unspecified atom stereocenters. The Morgan fingerprint density at radius 3 is 2.50 bits per heavy atom. The minimum Gasteiger partial charge on any atom is -0.394 e. The number of aliphatic hydroxyl groups is 1. The third kappa shape index (κ3) is 3.19. The molecule has 0 atom stereocenters. The van der Waals surface area contributed by atoms with E-state index >= 15 is 0 Å². The van der Waals surface area contributed by atoms with E-state index in [0.29, 0.717) is 12.0 Å². The first-order valence-electron chi connectivity index (χ1n) is 6.76. The molecule has 0 aromatic carbocycles. The zero-order valence-electron chi connectivity index (χ0n) is 10.3. The van der Waals surface area contributed by atoms with Crippen molar-refractivity contribution in [2.45, 2.75) is 38.5 Å². The normalized spacial score (nSPS) is 24.6. The molecule has 16 heavy (non-hydrogen) atoms. The van der Waals surface area contributed by atoms with Crippen LogP contribution < -0.4 is 0 Å². The summed E-state index contributed by atoms with van der Waals surface area (Å²) >= 11 is 0. The summed E-state index contributed by atoms with van der Waals surface area (Å²) in [6, 6.07) is 0. The predicted molar refractivity (Wildman–Crippen MR) is 64.5 cm³/mol. The molecule has 1 N–H and O–H groups in total. The van der Waals surface area contributed by atoms with Crippen molar-refractivity contribution in [3.05, 3.63) is 0 Å². The van der Waals surface area contributed by atoms with Crippen molar-refractivity contribution in [2.24, 2.45) is 5.41 Å². The van der Waals surface area contributed by atoms with Gasteiger partial charge in [0.05, 0.1) is 13.2 Å². The lowest BCUT2D eigenvalue weighted by Crippen LogP contribution is -2.57. The molecule has 0 aromatic heterocycles. The Kier molecular flexibility index (Phi) is 4.62. The molecule has 1 heterocycles. The number of aliphatic hydroxyl groups excluding tert-OH is 1. The van der Waals surface area contributed by atoms with E-state index in [-0.39, 0.29) is 6.61 Å². The summed E-state index contributed by atoms with van der Waals surface area (Å²) in [5, 5.41) is 8.56. The highest BCUT2D eigenvalue weighted by molar-refractivity contribution is 4.96. The number of nitrogens with zero attached hydrogens (tertiary/aromatic N) is 1. The number of ether oxygens (including phenoxy) is 1. The molecular weight excluding hydrogens is 202 g/mol. The van der Waals surface area contributed by atoms with Crippen LogP contribution in [0.2, 0.25) is 0 Å². The van der Waals surface area contributed by atoms with Gasteiger partial charge in [-0.25, -0.2) is 0 Å². The van der Waals surface area contributed by atoms with Gasteiger partial charge in [-0.05, 0) is 24.7 Å². The minimum atomic E-state index is 0.146. The fourth-order valence-corrected chi connectivity index (χ4v) is 3.24. The SMILES string of the molecule is OCCOCCCN1CC2(CCCCC2)C1. The van der Waals surface area contributed by atoms with Crippen LogP contribution in [0.25, 0.3) is 0 Å². The van der Waals surface area contributed by atoms with Gasteiger partial charge in [-0.15, -0.1) is 0 Å². The molecule has 2 fully saturated rings. The van der Waals surface area contributed by atoms with Gasteiger partial charge >= 0.3 is 0 Å². The average Bonchev–Trinajstić information content (AvgIpc) is 2.28. The average molecular weight is 227 g/mol. The fraction of sp³-hybridized carbons (Fsp3) is 1.00. The minimum absolute atomic E-state index is 0.146. The maximum Gasteiger partial charge on any atom is 0.0697 e. The Bertz CT molecular complexity index is 194. The third-order valence-corrected chi connectivity index (χ3v) is 4.03. The Balaban J connectivity index is 1.51. The molecule has 0 radical (unpaired) electrons. The lowest BCUT2D eigenvalue weighted by molar-refractivity contribution is -0.0326. The Labute approximate surface area is 98.8 Å². The molecule has 0 aromatic rings. The van der Waals surface area contributed by atoms with E-state index in [1.54, 1.807) is 0 Å². The Hall–Kier alpha value is -0.120. The summed E-state index contributed by atoms with van der Waals surface area (Å²) in [7, 11) is 0. The van der Waals surface area contributed by atoms with E-state index in [1.807, 2.05) is 0 Å². The number of rotatable bonds is 6. The van der Waals surface area contributed by atoms with Crippen LogP contribution in [-0.4, -0.2) is 49.5 Å². The van der Waals surface area contributed by atoms with Gasteiger partial charge in [0, 0.05) is 26.2 Å². The van der Waals surface area contributed by atoms with Crippen molar-refractivity contribution >= 4 is 0 Å².